The fourth-order valence-electron chi connectivity index (χ4n) is 0.387. The van der Waals surface area contributed by atoms with E-state index in [0.29, 0.717) is 0 Å². The molecule has 0 aliphatic carbocycles. The Morgan fingerprint density at radius 1 is 1.71 bits per heavy atom. The first-order chi connectivity index (χ1) is 3.43. The summed E-state index contributed by atoms with van der Waals surface area (Å²) < 4.78 is 0. The van der Waals surface area contributed by atoms with Crippen LogP contribution in [0.25, 0.3) is 0 Å². The highest BCUT2D eigenvalue weighted by molar-refractivity contribution is 7.97. The monoisotopic (exact) mass is 114 g/mol. The van der Waals surface area contributed by atoms with E-state index < -0.39 is 0 Å². The maximum Gasteiger partial charge on any atom is 0.0872 e. The second-order valence-electron chi connectivity index (χ2n) is 1.15. The molecule has 0 saturated carbocycles. The molecule has 0 fully saturated rings. The highest BCUT2D eigenvalue weighted by Gasteiger charge is 1.82. The van der Waals surface area contributed by atoms with E-state index in [0.717, 1.165) is 5.03 Å². The van der Waals surface area contributed by atoms with E-state index in [1.807, 2.05) is 18.3 Å². The molecule has 1 aromatic rings. The third-order valence-corrected chi connectivity index (χ3v) is 1.20. The van der Waals surface area contributed by atoms with Crippen LogP contribution in [0.2, 0.25) is 0 Å². The average molecular weight is 114 g/mol. The summed E-state index contributed by atoms with van der Waals surface area (Å²) in [6.07, 6.45) is 1.84. The zero-order valence-corrected chi connectivity index (χ0v) is 4.53. The van der Waals surface area contributed by atoms with Crippen LogP contribution in [0, 0.1) is 0 Å². The molecule has 0 amide bonds. The van der Waals surface area contributed by atoms with Crippen molar-refractivity contribution < 1.29 is 0 Å². The first-order valence-corrected chi connectivity index (χ1v) is 2.81. The van der Waals surface area contributed by atoms with Crippen LogP contribution >= 0.6 is 11.9 Å². The maximum absolute atomic E-state index is 5.18. The van der Waals surface area contributed by atoms with E-state index in [1.54, 1.807) is 0 Å². The largest absolute Gasteiger partial charge is 0.355 e. The lowest BCUT2D eigenvalue weighted by Crippen LogP contribution is -1.75. The molecule has 0 aliphatic heterocycles. The zero-order chi connectivity index (χ0) is 5.11. The van der Waals surface area contributed by atoms with Crippen molar-refractivity contribution in [3.8, 4) is 0 Å². The minimum atomic E-state index is 1.00. The van der Waals surface area contributed by atoms with Gasteiger partial charge in [-0.2, -0.15) is 0 Å². The van der Waals surface area contributed by atoms with E-state index >= 15 is 0 Å². The number of nitrogens with one attached hydrogen (secondary N) is 1. The van der Waals surface area contributed by atoms with Crippen LogP contribution in [0.15, 0.2) is 23.4 Å². The molecule has 0 aliphatic rings. The highest BCUT2D eigenvalue weighted by atomic mass is 32.2. The molecule has 0 spiro atoms. The topological polar surface area (TPSA) is 41.8 Å². The molecule has 1 heterocycles. The van der Waals surface area contributed by atoms with Gasteiger partial charge in [-0.1, -0.05) is 0 Å². The van der Waals surface area contributed by atoms with Crippen molar-refractivity contribution in [1.29, 1.82) is 0 Å². The van der Waals surface area contributed by atoms with E-state index in [4.69, 9.17) is 5.14 Å². The molecule has 0 bridgehead atoms. The van der Waals surface area contributed by atoms with E-state index in [2.05, 4.69) is 4.98 Å². The van der Waals surface area contributed by atoms with Crippen molar-refractivity contribution in [3.05, 3.63) is 18.3 Å². The normalized spacial score (nSPS) is 9.29. The standard InChI is InChI=1S/C4H6N2S/c5-7-4-2-1-3-6-4/h1-3,6H,5H2. The Morgan fingerprint density at radius 2 is 2.57 bits per heavy atom. The smallest absolute Gasteiger partial charge is 0.0872 e. The lowest BCUT2D eigenvalue weighted by molar-refractivity contribution is 1.21. The summed E-state index contributed by atoms with van der Waals surface area (Å²) >= 11 is 1.22. The van der Waals surface area contributed by atoms with Gasteiger partial charge in [0.05, 0.1) is 5.03 Å². The van der Waals surface area contributed by atoms with Crippen molar-refractivity contribution in [1.82, 2.24) is 4.98 Å². The summed E-state index contributed by atoms with van der Waals surface area (Å²) in [5, 5.41) is 6.18. The Labute approximate surface area is 46.2 Å². The van der Waals surface area contributed by atoms with Crippen LogP contribution in [0.4, 0.5) is 0 Å². The first kappa shape index (κ1) is 4.74. The Morgan fingerprint density at radius 3 is 2.86 bits per heavy atom. The van der Waals surface area contributed by atoms with Crippen LogP contribution in [0.1, 0.15) is 0 Å². The van der Waals surface area contributed by atoms with E-state index in [-0.39, 0.29) is 0 Å². The summed E-state index contributed by atoms with van der Waals surface area (Å²) in [7, 11) is 0. The predicted molar refractivity (Wildman–Crippen MR) is 30.8 cm³/mol. The van der Waals surface area contributed by atoms with Crippen LogP contribution in [-0.2, 0) is 0 Å². The van der Waals surface area contributed by atoms with Gasteiger partial charge in [-0.15, -0.1) is 0 Å². The molecule has 7 heavy (non-hydrogen) atoms. The van der Waals surface area contributed by atoms with Gasteiger partial charge in [0, 0.05) is 6.20 Å². The number of hydrogen-bond donors (Lipinski definition) is 2. The summed E-state index contributed by atoms with van der Waals surface area (Å²) in [5.74, 6) is 0. The molecule has 0 unspecified atom stereocenters. The van der Waals surface area contributed by atoms with Crippen LogP contribution in [0.5, 0.6) is 0 Å². The third-order valence-electron chi connectivity index (χ3n) is 0.696. The van der Waals surface area contributed by atoms with E-state index in [9.17, 15) is 0 Å². The first-order valence-electron chi connectivity index (χ1n) is 1.93. The van der Waals surface area contributed by atoms with Crippen molar-refractivity contribution >= 4 is 11.9 Å². The van der Waals surface area contributed by atoms with Crippen LogP contribution in [0.3, 0.4) is 0 Å². The van der Waals surface area contributed by atoms with Gasteiger partial charge >= 0.3 is 0 Å². The number of aromatic nitrogens is 1. The summed E-state index contributed by atoms with van der Waals surface area (Å²) in [6, 6.07) is 3.83. The lowest BCUT2D eigenvalue weighted by atomic mass is 10.7. The van der Waals surface area contributed by atoms with Crippen molar-refractivity contribution in [2.24, 2.45) is 5.14 Å². The van der Waals surface area contributed by atoms with Gasteiger partial charge in [0.1, 0.15) is 0 Å². The second kappa shape index (κ2) is 2.04. The van der Waals surface area contributed by atoms with Crippen molar-refractivity contribution in [2.75, 3.05) is 0 Å². The van der Waals surface area contributed by atoms with Gasteiger partial charge in [-0.3, -0.25) is 5.14 Å². The SMILES string of the molecule is NSc1ccc[nH]1. The number of aromatic amines is 1. The van der Waals surface area contributed by atoms with Gasteiger partial charge < -0.3 is 4.98 Å². The minimum absolute atomic E-state index is 1.00. The number of rotatable bonds is 1. The van der Waals surface area contributed by atoms with Crippen molar-refractivity contribution in [2.45, 2.75) is 5.03 Å². The van der Waals surface area contributed by atoms with Gasteiger partial charge in [-0.25, -0.2) is 0 Å². The molecule has 1 rings (SSSR count). The van der Waals surface area contributed by atoms with Crippen LogP contribution < -0.4 is 5.14 Å². The molecule has 3 heteroatoms. The fourth-order valence-corrected chi connectivity index (χ4v) is 0.680. The van der Waals surface area contributed by atoms with Crippen molar-refractivity contribution in [3.63, 3.8) is 0 Å². The molecule has 38 valence electrons. The summed E-state index contributed by atoms with van der Waals surface area (Å²) in [5.41, 5.74) is 0. The predicted octanol–water partition coefficient (Wildman–Crippen LogP) is 0.980. The fraction of sp³-hybridized carbons (Fsp3) is 0. The average Bonchev–Trinajstić information content (AvgIpc) is 2.14. The lowest BCUT2D eigenvalue weighted by Gasteiger charge is -1.80. The molecular weight excluding hydrogens is 108 g/mol. The minimum Gasteiger partial charge on any atom is -0.355 e. The molecule has 0 atom stereocenters. The third kappa shape index (κ3) is 0.976. The molecule has 3 N–H and O–H groups in total. The number of hydrogen-bond acceptors (Lipinski definition) is 2. The quantitative estimate of drug-likeness (QED) is 0.534. The molecule has 0 saturated heterocycles. The number of nitrogens with two attached hydrogens (primary N) is 1. The highest BCUT2D eigenvalue weighted by Crippen LogP contribution is 2.04. The summed E-state index contributed by atoms with van der Waals surface area (Å²) in [4.78, 5) is 2.92. The Balaban J connectivity index is 2.76. The zero-order valence-electron chi connectivity index (χ0n) is 3.72. The molecular formula is C4H6N2S. The van der Waals surface area contributed by atoms with E-state index in [1.165, 1.54) is 11.9 Å². The van der Waals surface area contributed by atoms with Gasteiger partial charge in [-0.05, 0) is 24.1 Å². The Hall–Kier alpha value is -0.410. The summed E-state index contributed by atoms with van der Waals surface area (Å²) in [6.45, 7) is 0. The molecule has 0 aromatic carbocycles. The number of H-pyrrole nitrogens is 1. The molecule has 1 aromatic heterocycles. The van der Waals surface area contributed by atoms with Gasteiger partial charge in [0.25, 0.3) is 0 Å². The molecule has 0 radical (unpaired) electrons. The van der Waals surface area contributed by atoms with Gasteiger partial charge in [0.2, 0.25) is 0 Å². The maximum atomic E-state index is 5.18. The van der Waals surface area contributed by atoms with Gasteiger partial charge in [0.15, 0.2) is 0 Å². The second-order valence-corrected chi connectivity index (χ2v) is 1.83. The molecule has 2 nitrogen and oxygen atoms in total. The van der Waals surface area contributed by atoms with Crippen LogP contribution in [-0.4, -0.2) is 4.98 Å². The Kier molecular flexibility index (Phi) is 1.38. The Bertz CT molecular complexity index is 124.